The lowest BCUT2D eigenvalue weighted by Crippen LogP contribution is -2.44. The van der Waals surface area contributed by atoms with Gasteiger partial charge >= 0.3 is 0 Å². The third-order valence-electron chi connectivity index (χ3n) is 3.58. The Balaban J connectivity index is 1.99. The summed E-state index contributed by atoms with van der Waals surface area (Å²) in [4.78, 5) is 0. The first kappa shape index (κ1) is 10.8. The summed E-state index contributed by atoms with van der Waals surface area (Å²) >= 11 is 8.03. The molecule has 3 N–H and O–H groups in total. The average Bonchev–Trinajstić information content (AvgIpc) is 2.29. The van der Waals surface area contributed by atoms with Crippen LogP contribution in [0.25, 0.3) is 0 Å². The molecule has 1 aromatic rings. The van der Waals surface area contributed by atoms with Gasteiger partial charge in [-0.2, -0.15) is 11.8 Å². The largest absolute Gasteiger partial charge is 0.382 e. The van der Waals surface area contributed by atoms with Crippen LogP contribution >= 0.6 is 23.4 Å². The molecule has 1 fully saturated rings. The third kappa shape index (κ3) is 1.71. The number of fused-ring (bicyclic) bond motifs is 2. The topological polar surface area (TPSA) is 38.0 Å². The SMILES string of the molecule is NC1c2ccc(Cl)cc2NC2CCSCC21. The summed E-state index contributed by atoms with van der Waals surface area (Å²) in [6.07, 6.45) is 1.20. The van der Waals surface area contributed by atoms with E-state index in [0.717, 1.165) is 10.7 Å². The second-order valence-electron chi connectivity index (χ2n) is 4.54. The first-order chi connectivity index (χ1) is 7.75. The van der Waals surface area contributed by atoms with Crippen molar-refractivity contribution in [1.29, 1.82) is 0 Å². The van der Waals surface area contributed by atoms with E-state index in [2.05, 4.69) is 11.4 Å². The quantitative estimate of drug-likeness (QED) is 0.748. The van der Waals surface area contributed by atoms with Crippen LogP contribution in [0.2, 0.25) is 5.02 Å². The molecule has 2 aliphatic rings. The average molecular weight is 255 g/mol. The van der Waals surface area contributed by atoms with Crippen molar-refractivity contribution < 1.29 is 0 Å². The first-order valence-electron chi connectivity index (χ1n) is 5.65. The van der Waals surface area contributed by atoms with E-state index in [9.17, 15) is 0 Å². The van der Waals surface area contributed by atoms with Crippen molar-refractivity contribution in [3.05, 3.63) is 28.8 Å². The molecule has 0 bridgehead atoms. The van der Waals surface area contributed by atoms with Gasteiger partial charge in [0.1, 0.15) is 0 Å². The Bertz CT molecular complexity index is 410. The Morgan fingerprint density at radius 3 is 3.19 bits per heavy atom. The predicted molar refractivity (Wildman–Crippen MR) is 71.2 cm³/mol. The van der Waals surface area contributed by atoms with Crippen LogP contribution in [0.4, 0.5) is 5.69 Å². The maximum Gasteiger partial charge on any atom is 0.0426 e. The molecule has 0 spiro atoms. The van der Waals surface area contributed by atoms with E-state index in [1.54, 1.807) is 0 Å². The number of hydrogen-bond acceptors (Lipinski definition) is 3. The van der Waals surface area contributed by atoms with Gasteiger partial charge in [0.05, 0.1) is 0 Å². The molecule has 3 unspecified atom stereocenters. The number of thioether (sulfide) groups is 1. The highest BCUT2D eigenvalue weighted by molar-refractivity contribution is 7.99. The van der Waals surface area contributed by atoms with Gasteiger partial charge in [-0.1, -0.05) is 17.7 Å². The molecule has 1 saturated heterocycles. The van der Waals surface area contributed by atoms with Crippen molar-refractivity contribution in [3.63, 3.8) is 0 Å². The Morgan fingerprint density at radius 1 is 1.44 bits per heavy atom. The number of anilines is 1. The lowest BCUT2D eigenvalue weighted by atomic mass is 9.83. The van der Waals surface area contributed by atoms with Crippen molar-refractivity contribution in [3.8, 4) is 0 Å². The minimum absolute atomic E-state index is 0.159. The third-order valence-corrected chi connectivity index (χ3v) is 4.96. The second-order valence-corrected chi connectivity index (χ2v) is 6.12. The number of nitrogens with one attached hydrogen (secondary N) is 1. The van der Waals surface area contributed by atoms with E-state index in [1.807, 2.05) is 23.9 Å². The summed E-state index contributed by atoms with van der Waals surface area (Å²) < 4.78 is 0. The maximum atomic E-state index is 6.35. The molecule has 3 atom stereocenters. The van der Waals surface area contributed by atoms with Gasteiger partial charge < -0.3 is 11.1 Å². The van der Waals surface area contributed by atoms with Gasteiger partial charge in [-0.3, -0.25) is 0 Å². The number of halogens is 1. The molecular formula is C12H15ClN2S. The van der Waals surface area contributed by atoms with E-state index in [0.29, 0.717) is 12.0 Å². The molecule has 2 heterocycles. The van der Waals surface area contributed by atoms with Crippen LogP contribution < -0.4 is 11.1 Å². The number of hydrogen-bond donors (Lipinski definition) is 2. The van der Waals surface area contributed by atoms with Crippen LogP contribution in [0.3, 0.4) is 0 Å². The summed E-state index contributed by atoms with van der Waals surface area (Å²) in [6.45, 7) is 0. The minimum atomic E-state index is 0.159. The van der Waals surface area contributed by atoms with Gasteiger partial charge in [-0.25, -0.2) is 0 Å². The van der Waals surface area contributed by atoms with Crippen LogP contribution in [0.5, 0.6) is 0 Å². The monoisotopic (exact) mass is 254 g/mol. The molecule has 0 aromatic heterocycles. The molecular weight excluding hydrogens is 240 g/mol. The van der Waals surface area contributed by atoms with Gasteiger partial charge in [0.15, 0.2) is 0 Å². The van der Waals surface area contributed by atoms with E-state index in [4.69, 9.17) is 17.3 Å². The predicted octanol–water partition coefficient (Wildman–Crippen LogP) is 2.89. The first-order valence-corrected chi connectivity index (χ1v) is 7.18. The molecule has 3 rings (SSSR count). The summed E-state index contributed by atoms with van der Waals surface area (Å²) in [5.74, 6) is 2.96. The maximum absolute atomic E-state index is 6.35. The van der Waals surface area contributed by atoms with Gasteiger partial charge in [-0.15, -0.1) is 0 Å². The molecule has 4 heteroatoms. The Kier molecular flexibility index (Phi) is 2.78. The molecule has 2 aliphatic heterocycles. The highest BCUT2D eigenvalue weighted by atomic mass is 35.5. The van der Waals surface area contributed by atoms with Crippen LogP contribution in [-0.2, 0) is 0 Å². The number of rotatable bonds is 0. The van der Waals surface area contributed by atoms with E-state index in [1.165, 1.54) is 23.5 Å². The molecule has 16 heavy (non-hydrogen) atoms. The van der Waals surface area contributed by atoms with E-state index in [-0.39, 0.29) is 6.04 Å². The fraction of sp³-hybridized carbons (Fsp3) is 0.500. The zero-order valence-corrected chi connectivity index (χ0v) is 10.5. The number of nitrogens with two attached hydrogens (primary N) is 1. The summed E-state index contributed by atoms with van der Waals surface area (Å²) in [5.41, 5.74) is 8.70. The molecule has 0 amide bonds. The van der Waals surface area contributed by atoms with Gasteiger partial charge in [-0.05, 0) is 35.6 Å². The van der Waals surface area contributed by atoms with E-state index >= 15 is 0 Å². The molecule has 0 aliphatic carbocycles. The molecule has 86 valence electrons. The minimum Gasteiger partial charge on any atom is -0.382 e. The number of benzene rings is 1. The van der Waals surface area contributed by atoms with E-state index < -0.39 is 0 Å². The van der Waals surface area contributed by atoms with Gasteiger partial charge in [0.2, 0.25) is 0 Å². The van der Waals surface area contributed by atoms with Crippen molar-refractivity contribution in [1.82, 2.24) is 0 Å². The lowest BCUT2D eigenvalue weighted by Gasteiger charge is -2.41. The normalized spacial score (nSPS) is 32.5. The zero-order valence-electron chi connectivity index (χ0n) is 8.95. The van der Waals surface area contributed by atoms with Crippen LogP contribution in [0.1, 0.15) is 18.0 Å². The zero-order chi connectivity index (χ0) is 11.1. The van der Waals surface area contributed by atoms with Crippen LogP contribution in [0, 0.1) is 5.92 Å². The Hall–Kier alpha value is -0.380. The molecule has 1 aromatic carbocycles. The fourth-order valence-corrected chi connectivity index (χ4v) is 4.14. The highest BCUT2D eigenvalue weighted by Crippen LogP contribution is 2.41. The Morgan fingerprint density at radius 2 is 2.31 bits per heavy atom. The second kappa shape index (κ2) is 4.13. The van der Waals surface area contributed by atoms with Crippen LogP contribution in [-0.4, -0.2) is 17.5 Å². The highest BCUT2D eigenvalue weighted by Gasteiger charge is 2.36. The van der Waals surface area contributed by atoms with Gasteiger partial charge in [0, 0.05) is 28.7 Å². The summed E-state index contributed by atoms with van der Waals surface area (Å²) in [6, 6.07) is 6.67. The van der Waals surface area contributed by atoms with Crippen molar-refractivity contribution in [2.45, 2.75) is 18.5 Å². The van der Waals surface area contributed by atoms with Gasteiger partial charge in [0.25, 0.3) is 0 Å². The van der Waals surface area contributed by atoms with Crippen molar-refractivity contribution in [2.24, 2.45) is 11.7 Å². The molecule has 0 radical (unpaired) electrons. The molecule has 0 saturated carbocycles. The van der Waals surface area contributed by atoms with Crippen LogP contribution in [0.15, 0.2) is 18.2 Å². The van der Waals surface area contributed by atoms with Crippen molar-refractivity contribution in [2.75, 3.05) is 16.8 Å². The lowest BCUT2D eigenvalue weighted by molar-refractivity contribution is 0.382. The van der Waals surface area contributed by atoms with Crippen molar-refractivity contribution >= 4 is 29.1 Å². The molecule has 2 nitrogen and oxygen atoms in total. The standard InChI is InChI=1S/C12H15ClN2S/c13-7-1-2-8-11(5-7)15-10-3-4-16-6-9(10)12(8)14/h1-2,5,9-10,12,15H,3-4,6,14H2. The summed E-state index contributed by atoms with van der Waals surface area (Å²) in [5, 5.41) is 4.37. The smallest absolute Gasteiger partial charge is 0.0426 e. The Labute approximate surface area is 105 Å². The fourth-order valence-electron chi connectivity index (χ4n) is 2.67. The summed E-state index contributed by atoms with van der Waals surface area (Å²) in [7, 11) is 0.